The van der Waals surface area contributed by atoms with Crippen molar-refractivity contribution in [2.75, 3.05) is 12.3 Å². The van der Waals surface area contributed by atoms with Crippen LogP contribution >= 0.6 is 0 Å². The van der Waals surface area contributed by atoms with Crippen LogP contribution in [0.1, 0.15) is 22.6 Å². The Kier molecular flexibility index (Phi) is 5.53. The van der Waals surface area contributed by atoms with E-state index in [0.29, 0.717) is 23.7 Å². The molecule has 2 aromatic heterocycles. The maximum absolute atomic E-state index is 12.4. The predicted molar refractivity (Wildman–Crippen MR) is 110 cm³/mol. The maximum atomic E-state index is 12.4. The summed E-state index contributed by atoms with van der Waals surface area (Å²) < 4.78 is 29.3. The maximum Gasteiger partial charge on any atom is 0.273 e. The number of nitrogen functional groups attached to an aromatic ring is 1. The molecule has 0 atom stereocenters. The number of nitrogens with one attached hydrogen (secondary N) is 1. The van der Waals surface area contributed by atoms with Gasteiger partial charge >= 0.3 is 0 Å². The van der Waals surface area contributed by atoms with Crippen molar-refractivity contribution in [2.45, 2.75) is 33.1 Å². The number of para-hydroxylation sites is 1. The number of nitro groups is 1. The molecule has 3 rings (SSSR count). The van der Waals surface area contributed by atoms with Crippen LogP contribution in [-0.2, 0) is 22.3 Å². The molecule has 2 heterocycles. The SMILES string of the molecule is Cc1nc(N)c2nc(C)n(CCNS(=O)(=O)Cc3ccccc3[N+](=O)[O-])c2c1C. The third kappa shape index (κ3) is 4.20. The van der Waals surface area contributed by atoms with Crippen molar-refractivity contribution in [3.05, 3.63) is 57.0 Å². The molecule has 0 saturated heterocycles. The van der Waals surface area contributed by atoms with Gasteiger partial charge in [0.1, 0.15) is 11.3 Å². The highest BCUT2D eigenvalue weighted by atomic mass is 32.2. The lowest BCUT2D eigenvalue weighted by molar-refractivity contribution is -0.385. The van der Waals surface area contributed by atoms with E-state index in [0.717, 1.165) is 16.8 Å². The average molecular weight is 418 g/mol. The molecule has 154 valence electrons. The Bertz CT molecular complexity index is 1200. The largest absolute Gasteiger partial charge is 0.382 e. The number of rotatable bonds is 7. The molecule has 11 heteroatoms. The Labute approximate surface area is 168 Å². The van der Waals surface area contributed by atoms with Gasteiger partial charge < -0.3 is 10.3 Å². The second kappa shape index (κ2) is 7.76. The van der Waals surface area contributed by atoms with Crippen molar-refractivity contribution in [2.24, 2.45) is 0 Å². The van der Waals surface area contributed by atoms with E-state index in [9.17, 15) is 18.5 Å². The van der Waals surface area contributed by atoms with Crippen LogP contribution in [0.4, 0.5) is 11.5 Å². The molecule has 3 aromatic rings. The summed E-state index contributed by atoms with van der Waals surface area (Å²) in [6.45, 7) is 6.03. The van der Waals surface area contributed by atoms with Gasteiger partial charge in [0, 0.05) is 30.4 Å². The third-order valence-corrected chi connectivity index (χ3v) is 6.11. The van der Waals surface area contributed by atoms with Gasteiger partial charge in [-0.1, -0.05) is 18.2 Å². The number of imidazole rings is 1. The molecule has 0 aliphatic rings. The predicted octanol–water partition coefficient (Wildman–Crippen LogP) is 1.97. The van der Waals surface area contributed by atoms with Crippen LogP contribution in [0.5, 0.6) is 0 Å². The zero-order valence-electron chi connectivity index (χ0n) is 16.3. The van der Waals surface area contributed by atoms with E-state index in [1.165, 1.54) is 18.2 Å². The highest BCUT2D eigenvalue weighted by molar-refractivity contribution is 7.88. The van der Waals surface area contributed by atoms with E-state index in [1.54, 1.807) is 6.07 Å². The zero-order valence-corrected chi connectivity index (χ0v) is 17.2. The van der Waals surface area contributed by atoms with E-state index in [4.69, 9.17) is 5.73 Å². The van der Waals surface area contributed by atoms with E-state index in [1.807, 2.05) is 25.3 Å². The summed E-state index contributed by atoms with van der Waals surface area (Å²) in [5.41, 5.74) is 9.03. The quantitative estimate of drug-likeness (QED) is 0.440. The molecular weight excluding hydrogens is 396 g/mol. The summed E-state index contributed by atoms with van der Waals surface area (Å²) in [7, 11) is -3.76. The highest BCUT2D eigenvalue weighted by Gasteiger charge is 2.20. The molecular formula is C18H22N6O4S. The fraction of sp³-hybridized carbons (Fsp3) is 0.333. The molecule has 0 radical (unpaired) electrons. The monoisotopic (exact) mass is 418 g/mol. The van der Waals surface area contributed by atoms with E-state index in [-0.39, 0.29) is 17.8 Å². The van der Waals surface area contributed by atoms with Crippen LogP contribution in [0.15, 0.2) is 24.3 Å². The van der Waals surface area contributed by atoms with Gasteiger partial charge in [0.05, 0.1) is 16.2 Å². The second-order valence-electron chi connectivity index (χ2n) is 6.75. The number of hydrogen-bond donors (Lipinski definition) is 2. The lowest BCUT2D eigenvalue weighted by Gasteiger charge is -2.12. The van der Waals surface area contributed by atoms with Gasteiger partial charge in [-0.05, 0) is 26.3 Å². The minimum absolute atomic E-state index is 0.107. The molecule has 3 N–H and O–H groups in total. The molecule has 10 nitrogen and oxygen atoms in total. The number of benzene rings is 1. The molecule has 0 bridgehead atoms. The molecule has 0 fully saturated rings. The first-order valence-corrected chi connectivity index (χ1v) is 10.5. The lowest BCUT2D eigenvalue weighted by Crippen LogP contribution is -2.29. The number of nitro benzene ring substituents is 1. The molecule has 0 unspecified atom stereocenters. The van der Waals surface area contributed by atoms with Crippen molar-refractivity contribution in [3.8, 4) is 0 Å². The van der Waals surface area contributed by atoms with Gasteiger partial charge in [-0.2, -0.15) is 0 Å². The van der Waals surface area contributed by atoms with Crippen LogP contribution in [0.3, 0.4) is 0 Å². The summed E-state index contributed by atoms with van der Waals surface area (Å²) in [4.78, 5) is 19.2. The number of hydrogen-bond acceptors (Lipinski definition) is 7. The fourth-order valence-corrected chi connectivity index (χ4v) is 4.42. The van der Waals surface area contributed by atoms with Gasteiger partial charge in [-0.3, -0.25) is 10.1 Å². The second-order valence-corrected chi connectivity index (χ2v) is 8.56. The summed E-state index contributed by atoms with van der Waals surface area (Å²) >= 11 is 0. The molecule has 0 aliphatic heterocycles. The van der Waals surface area contributed by atoms with Crippen molar-refractivity contribution in [3.63, 3.8) is 0 Å². The van der Waals surface area contributed by atoms with Gasteiger partial charge in [-0.25, -0.2) is 23.1 Å². The standard InChI is InChI=1S/C18H22N6O4S/c1-11-12(2)21-18(19)16-17(11)23(13(3)22-16)9-8-20-29(27,28)10-14-6-4-5-7-15(14)24(25)26/h4-7,20H,8-10H2,1-3H3,(H2,19,21). The first-order valence-electron chi connectivity index (χ1n) is 8.90. The van der Waals surface area contributed by atoms with E-state index >= 15 is 0 Å². The summed E-state index contributed by atoms with van der Waals surface area (Å²) in [6.07, 6.45) is 0. The Morgan fingerprint density at radius 2 is 1.90 bits per heavy atom. The van der Waals surface area contributed by atoms with Gasteiger partial charge in [0.2, 0.25) is 10.0 Å². The van der Waals surface area contributed by atoms with Crippen molar-refractivity contribution in [1.29, 1.82) is 0 Å². The van der Waals surface area contributed by atoms with Crippen LogP contribution in [-0.4, -0.2) is 34.4 Å². The average Bonchev–Trinajstić information content (AvgIpc) is 2.97. The zero-order chi connectivity index (χ0) is 21.3. The highest BCUT2D eigenvalue weighted by Crippen LogP contribution is 2.25. The topological polar surface area (TPSA) is 146 Å². The number of nitrogens with two attached hydrogens (primary N) is 1. The molecule has 29 heavy (non-hydrogen) atoms. The number of fused-ring (bicyclic) bond motifs is 1. The van der Waals surface area contributed by atoms with Crippen molar-refractivity contribution in [1.82, 2.24) is 19.3 Å². The van der Waals surface area contributed by atoms with E-state index < -0.39 is 20.7 Å². The minimum atomic E-state index is -3.76. The van der Waals surface area contributed by atoms with Crippen molar-refractivity contribution >= 4 is 32.6 Å². The van der Waals surface area contributed by atoms with Gasteiger partial charge in [0.15, 0.2) is 5.82 Å². The summed E-state index contributed by atoms with van der Waals surface area (Å²) in [5, 5.41) is 11.1. The smallest absolute Gasteiger partial charge is 0.273 e. The molecule has 1 aromatic carbocycles. The first kappa shape index (κ1) is 20.7. The fourth-order valence-electron chi connectivity index (χ4n) is 3.27. The number of anilines is 1. The Balaban J connectivity index is 1.78. The number of aryl methyl sites for hydroxylation is 3. The Morgan fingerprint density at radius 3 is 2.59 bits per heavy atom. The lowest BCUT2D eigenvalue weighted by atomic mass is 10.2. The van der Waals surface area contributed by atoms with Crippen LogP contribution in [0, 0.1) is 30.9 Å². The van der Waals surface area contributed by atoms with Gasteiger partial charge in [0.25, 0.3) is 5.69 Å². The number of nitrogens with zero attached hydrogens (tertiary/aromatic N) is 4. The third-order valence-electron chi connectivity index (χ3n) is 4.78. The van der Waals surface area contributed by atoms with E-state index in [2.05, 4.69) is 14.7 Å². The Morgan fingerprint density at radius 1 is 1.21 bits per heavy atom. The number of pyridine rings is 1. The van der Waals surface area contributed by atoms with Crippen LogP contribution < -0.4 is 10.5 Å². The van der Waals surface area contributed by atoms with Crippen LogP contribution in [0.25, 0.3) is 11.0 Å². The van der Waals surface area contributed by atoms with Crippen molar-refractivity contribution < 1.29 is 13.3 Å². The molecule has 0 saturated carbocycles. The normalized spacial score (nSPS) is 11.8. The first-order chi connectivity index (χ1) is 13.6. The minimum Gasteiger partial charge on any atom is -0.382 e. The summed E-state index contributed by atoms with van der Waals surface area (Å²) in [6, 6.07) is 5.80. The van der Waals surface area contributed by atoms with Crippen LogP contribution in [0.2, 0.25) is 0 Å². The number of sulfonamides is 1. The Hall–Kier alpha value is -3.05. The molecule has 0 amide bonds. The number of aromatic nitrogens is 3. The van der Waals surface area contributed by atoms with Gasteiger partial charge in [-0.15, -0.1) is 0 Å². The summed E-state index contributed by atoms with van der Waals surface area (Å²) in [5.74, 6) is 0.560. The molecule has 0 spiro atoms. The molecule has 0 aliphatic carbocycles.